The summed E-state index contributed by atoms with van der Waals surface area (Å²) in [6.07, 6.45) is -0.867. The zero-order valence-corrected chi connectivity index (χ0v) is 22.2. The molecule has 0 aliphatic carbocycles. The number of pyridine rings is 2. The van der Waals surface area contributed by atoms with E-state index in [0.29, 0.717) is 16.6 Å². The first-order chi connectivity index (χ1) is 18.5. The summed E-state index contributed by atoms with van der Waals surface area (Å²) in [5.41, 5.74) is 4.23. The average Bonchev–Trinajstić information content (AvgIpc) is 2.90. The Balaban J connectivity index is 1.54. The van der Waals surface area contributed by atoms with Gasteiger partial charge in [0.25, 0.3) is 0 Å². The van der Waals surface area contributed by atoms with Crippen LogP contribution in [0.1, 0.15) is 37.5 Å². The van der Waals surface area contributed by atoms with E-state index in [0.717, 1.165) is 32.8 Å². The number of aromatic nitrogens is 2. The molecule has 0 spiro atoms. The molecule has 0 fully saturated rings. The molecule has 0 unspecified atom stereocenters. The van der Waals surface area contributed by atoms with Crippen molar-refractivity contribution in [2.75, 3.05) is 0 Å². The standard InChI is InChI=1S/C34H27F3N2/c1-20-9-11-25(30(15-20)34(35,36)37)22-10-12-27-26-13-14-38-32(28(26)19-39-31(27)18-22)23-16-21-7-5-6-8-24(21)29(17-23)33(2,3)4/h5-19H,1-4H3. The summed E-state index contributed by atoms with van der Waals surface area (Å²) in [4.78, 5) is 9.46. The molecule has 5 heteroatoms. The van der Waals surface area contributed by atoms with Crippen molar-refractivity contribution in [3.05, 3.63) is 108 Å². The molecular formula is C34H27F3N2. The molecule has 194 valence electrons. The summed E-state index contributed by atoms with van der Waals surface area (Å²) in [6.45, 7) is 8.29. The van der Waals surface area contributed by atoms with Crippen LogP contribution in [-0.2, 0) is 11.6 Å². The SMILES string of the molecule is Cc1ccc(-c2ccc3c(c2)ncc2c(-c4cc(C(C)(C)C)c5ccccc5c4)nccc23)c(C(F)(F)F)c1. The lowest BCUT2D eigenvalue weighted by molar-refractivity contribution is -0.137. The van der Waals surface area contributed by atoms with E-state index in [2.05, 4.69) is 51.1 Å². The Labute approximate surface area is 225 Å². The van der Waals surface area contributed by atoms with Crippen LogP contribution in [0.15, 0.2) is 91.3 Å². The molecule has 4 aromatic carbocycles. The molecule has 0 amide bonds. The fraction of sp³-hybridized carbons (Fsp3) is 0.176. The molecule has 0 bridgehead atoms. The predicted octanol–water partition coefficient (Wildman–Crippen LogP) is 9.89. The number of aryl methyl sites for hydroxylation is 1. The Hall–Kier alpha value is -4.25. The van der Waals surface area contributed by atoms with Gasteiger partial charge in [0.15, 0.2) is 0 Å². The van der Waals surface area contributed by atoms with Crippen LogP contribution >= 0.6 is 0 Å². The average molecular weight is 521 g/mol. The predicted molar refractivity (Wildman–Crippen MR) is 154 cm³/mol. The highest BCUT2D eigenvalue weighted by Gasteiger charge is 2.33. The molecule has 0 saturated carbocycles. The first kappa shape index (κ1) is 25.1. The second kappa shape index (κ2) is 8.91. The maximum Gasteiger partial charge on any atom is 0.417 e. The third-order valence-corrected chi connectivity index (χ3v) is 7.35. The minimum absolute atomic E-state index is 0.0627. The smallest absolute Gasteiger partial charge is 0.256 e. The zero-order chi connectivity index (χ0) is 27.5. The highest BCUT2D eigenvalue weighted by molar-refractivity contribution is 6.10. The van der Waals surface area contributed by atoms with Crippen LogP contribution < -0.4 is 0 Å². The number of benzene rings is 4. The van der Waals surface area contributed by atoms with Crippen molar-refractivity contribution >= 4 is 32.4 Å². The van der Waals surface area contributed by atoms with Gasteiger partial charge in [-0.05, 0) is 75.5 Å². The summed E-state index contributed by atoms with van der Waals surface area (Å²) in [5, 5.41) is 5.11. The number of fused-ring (bicyclic) bond motifs is 4. The maximum atomic E-state index is 13.8. The molecule has 39 heavy (non-hydrogen) atoms. The number of rotatable bonds is 2. The van der Waals surface area contributed by atoms with Crippen molar-refractivity contribution in [3.63, 3.8) is 0 Å². The van der Waals surface area contributed by atoms with E-state index in [-0.39, 0.29) is 11.0 Å². The molecule has 0 aliphatic heterocycles. The van der Waals surface area contributed by atoms with E-state index in [1.807, 2.05) is 18.2 Å². The molecule has 2 heterocycles. The van der Waals surface area contributed by atoms with Gasteiger partial charge in [-0.15, -0.1) is 0 Å². The van der Waals surface area contributed by atoms with Gasteiger partial charge in [-0.3, -0.25) is 9.97 Å². The molecule has 0 atom stereocenters. The second-order valence-electron chi connectivity index (χ2n) is 11.2. The Morgan fingerprint density at radius 2 is 1.44 bits per heavy atom. The number of halogens is 3. The van der Waals surface area contributed by atoms with Crippen LogP contribution in [0, 0.1) is 6.92 Å². The van der Waals surface area contributed by atoms with Crippen LogP contribution in [-0.4, -0.2) is 9.97 Å². The lowest BCUT2D eigenvalue weighted by Gasteiger charge is -2.23. The van der Waals surface area contributed by atoms with Crippen molar-refractivity contribution in [3.8, 4) is 22.4 Å². The normalized spacial score (nSPS) is 12.5. The Bertz CT molecular complexity index is 1900. The molecule has 0 saturated heterocycles. The summed E-state index contributed by atoms with van der Waals surface area (Å²) in [6, 6.07) is 24.5. The summed E-state index contributed by atoms with van der Waals surface area (Å²) in [7, 11) is 0. The van der Waals surface area contributed by atoms with Gasteiger partial charge in [0.1, 0.15) is 0 Å². The highest BCUT2D eigenvalue weighted by atomic mass is 19.4. The van der Waals surface area contributed by atoms with Gasteiger partial charge < -0.3 is 0 Å². The molecule has 0 N–H and O–H groups in total. The maximum absolute atomic E-state index is 13.8. The van der Waals surface area contributed by atoms with Crippen molar-refractivity contribution in [2.45, 2.75) is 39.3 Å². The quantitative estimate of drug-likeness (QED) is 0.212. The minimum Gasteiger partial charge on any atom is -0.256 e. The van der Waals surface area contributed by atoms with Crippen LogP contribution in [0.5, 0.6) is 0 Å². The lowest BCUT2D eigenvalue weighted by Crippen LogP contribution is -2.12. The van der Waals surface area contributed by atoms with E-state index in [9.17, 15) is 13.2 Å². The van der Waals surface area contributed by atoms with Gasteiger partial charge in [0, 0.05) is 28.7 Å². The third-order valence-electron chi connectivity index (χ3n) is 7.35. The first-order valence-electron chi connectivity index (χ1n) is 12.9. The topological polar surface area (TPSA) is 25.8 Å². The summed E-state index contributed by atoms with van der Waals surface area (Å²) >= 11 is 0. The van der Waals surface area contributed by atoms with Crippen LogP contribution in [0.3, 0.4) is 0 Å². The van der Waals surface area contributed by atoms with Gasteiger partial charge in [0.2, 0.25) is 0 Å². The minimum atomic E-state index is -4.44. The monoisotopic (exact) mass is 520 g/mol. The van der Waals surface area contributed by atoms with Crippen molar-refractivity contribution in [1.29, 1.82) is 0 Å². The van der Waals surface area contributed by atoms with E-state index in [1.54, 1.807) is 37.5 Å². The largest absolute Gasteiger partial charge is 0.417 e. The Kier molecular flexibility index (Phi) is 5.72. The summed E-state index contributed by atoms with van der Waals surface area (Å²) < 4.78 is 41.5. The number of hydrogen-bond donors (Lipinski definition) is 0. The van der Waals surface area contributed by atoms with Gasteiger partial charge in [-0.1, -0.05) is 74.9 Å². The number of nitrogens with zero attached hydrogens (tertiary/aromatic N) is 2. The number of alkyl halides is 3. The van der Waals surface area contributed by atoms with Crippen molar-refractivity contribution < 1.29 is 13.2 Å². The first-order valence-corrected chi connectivity index (χ1v) is 12.9. The van der Waals surface area contributed by atoms with Crippen LogP contribution in [0.25, 0.3) is 54.8 Å². The van der Waals surface area contributed by atoms with Gasteiger partial charge >= 0.3 is 6.18 Å². The molecule has 0 aliphatic rings. The van der Waals surface area contributed by atoms with E-state index in [1.165, 1.54) is 23.1 Å². The van der Waals surface area contributed by atoms with Gasteiger partial charge in [-0.2, -0.15) is 13.2 Å². The molecule has 2 nitrogen and oxygen atoms in total. The van der Waals surface area contributed by atoms with Gasteiger partial charge in [-0.25, -0.2) is 0 Å². The molecular weight excluding hydrogens is 493 g/mol. The fourth-order valence-corrected chi connectivity index (χ4v) is 5.45. The second-order valence-corrected chi connectivity index (χ2v) is 11.2. The van der Waals surface area contributed by atoms with Crippen molar-refractivity contribution in [1.82, 2.24) is 9.97 Å². The third kappa shape index (κ3) is 4.42. The number of hydrogen-bond acceptors (Lipinski definition) is 2. The summed E-state index contributed by atoms with van der Waals surface area (Å²) in [5.74, 6) is 0. The van der Waals surface area contributed by atoms with Crippen LogP contribution in [0.4, 0.5) is 13.2 Å². The zero-order valence-electron chi connectivity index (χ0n) is 22.2. The van der Waals surface area contributed by atoms with E-state index in [4.69, 9.17) is 9.97 Å². The van der Waals surface area contributed by atoms with Crippen molar-refractivity contribution in [2.24, 2.45) is 0 Å². The van der Waals surface area contributed by atoms with E-state index < -0.39 is 11.7 Å². The molecule has 6 aromatic rings. The van der Waals surface area contributed by atoms with Crippen LogP contribution in [0.2, 0.25) is 0 Å². The molecule has 2 aromatic heterocycles. The van der Waals surface area contributed by atoms with E-state index >= 15 is 0 Å². The lowest BCUT2D eigenvalue weighted by atomic mass is 9.82. The molecule has 6 rings (SSSR count). The van der Waals surface area contributed by atoms with Gasteiger partial charge in [0.05, 0.1) is 16.8 Å². The molecule has 0 radical (unpaired) electrons. The Morgan fingerprint density at radius 1 is 0.641 bits per heavy atom. The highest BCUT2D eigenvalue weighted by Crippen LogP contribution is 2.40. The Morgan fingerprint density at radius 3 is 2.21 bits per heavy atom. The fourth-order valence-electron chi connectivity index (χ4n) is 5.45.